The normalized spacial score (nSPS) is 11.4. The minimum Gasteiger partial charge on any atom is -0.360 e. The molecule has 132 valence electrons. The molecule has 0 aliphatic carbocycles. The number of benzene rings is 1. The summed E-state index contributed by atoms with van der Waals surface area (Å²) in [5, 5.41) is 6.77. The maximum atomic E-state index is 12.4. The quantitative estimate of drug-likeness (QED) is 0.673. The summed E-state index contributed by atoms with van der Waals surface area (Å²) in [6.07, 6.45) is 0.648. The Bertz CT molecular complexity index is 949. The molecule has 7 heteroatoms. The molecule has 0 radical (unpaired) electrons. The lowest BCUT2D eigenvalue weighted by molar-refractivity contribution is 0.0949. The number of aryl methyl sites for hydroxylation is 2. The van der Waals surface area contributed by atoms with Crippen molar-refractivity contribution < 1.29 is 9.32 Å². The van der Waals surface area contributed by atoms with Gasteiger partial charge in [0.1, 0.15) is 5.56 Å². The van der Waals surface area contributed by atoms with Crippen LogP contribution in [-0.4, -0.2) is 27.2 Å². The highest BCUT2D eigenvalue weighted by atomic mass is 16.5. The Kier molecular flexibility index (Phi) is 4.74. The molecule has 0 spiro atoms. The lowest BCUT2D eigenvalue weighted by Gasteiger charge is -2.08. The molecule has 3 rings (SSSR count). The van der Waals surface area contributed by atoms with E-state index in [4.69, 9.17) is 4.52 Å². The maximum Gasteiger partial charge on any atom is 0.326 e. The van der Waals surface area contributed by atoms with Crippen LogP contribution in [0.4, 0.5) is 0 Å². The second kappa shape index (κ2) is 6.96. The van der Waals surface area contributed by atoms with Crippen molar-refractivity contribution in [3.05, 3.63) is 51.8 Å². The van der Waals surface area contributed by atoms with Gasteiger partial charge in [-0.1, -0.05) is 31.1 Å². The highest BCUT2D eigenvalue weighted by molar-refractivity contribution is 5.96. The monoisotopic (exact) mass is 342 g/mol. The number of nitrogens with zero attached hydrogens (tertiary/aromatic N) is 2. The first-order chi connectivity index (χ1) is 12.0. The van der Waals surface area contributed by atoms with Crippen LogP contribution < -0.4 is 11.0 Å². The Morgan fingerprint density at radius 2 is 2.12 bits per heavy atom. The van der Waals surface area contributed by atoms with Crippen LogP contribution in [0.25, 0.3) is 11.0 Å². The van der Waals surface area contributed by atoms with Crippen LogP contribution in [0.1, 0.15) is 48.0 Å². The molecule has 0 unspecified atom stereocenters. The number of H-pyrrole nitrogens is 1. The lowest BCUT2D eigenvalue weighted by atomic mass is 10.0. The Hall–Kier alpha value is -2.83. The second-order valence-corrected chi connectivity index (χ2v) is 6.37. The fourth-order valence-corrected chi connectivity index (χ4v) is 2.91. The molecule has 0 saturated heterocycles. The van der Waals surface area contributed by atoms with Crippen molar-refractivity contribution in [3.8, 4) is 0 Å². The van der Waals surface area contributed by atoms with Crippen LogP contribution in [0.3, 0.4) is 0 Å². The van der Waals surface area contributed by atoms with Gasteiger partial charge in [-0.05, 0) is 25.5 Å². The number of hydrogen-bond acceptors (Lipinski definition) is 4. The molecule has 2 aromatic heterocycles. The number of aromatic nitrogens is 3. The van der Waals surface area contributed by atoms with Gasteiger partial charge in [0.15, 0.2) is 5.76 Å². The molecule has 0 bridgehead atoms. The van der Waals surface area contributed by atoms with Crippen molar-refractivity contribution in [2.75, 3.05) is 6.54 Å². The molecule has 1 aromatic carbocycles. The first kappa shape index (κ1) is 17.0. The molecule has 2 N–H and O–H groups in total. The summed E-state index contributed by atoms with van der Waals surface area (Å²) in [4.78, 5) is 27.2. The number of imidazole rings is 1. The van der Waals surface area contributed by atoms with Gasteiger partial charge in [-0.25, -0.2) is 4.79 Å². The average molecular weight is 342 g/mol. The van der Waals surface area contributed by atoms with Gasteiger partial charge in [-0.15, -0.1) is 0 Å². The summed E-state index contributed by atoms with van der Waals surface area (Å²) < 4.78 is 6.93. The van der Waals surface area contributed by atoms with E-state index < -0.39 is 0 Å². The van der Waals surface area contributed by atoms with Gasteiger partial charge in [0.05, 0.1) is 16.7 Å². The van der Waals surface area contributed by atoms with Crippen LogP contribution in [0.2, 0.25) is 0 Å². The predicted octanol–water partition coefficient (Wildman–Crippen LogP) is 2.57. The number of amides is 1. The van der Waals surface area contributed by atoms with Gasteiger partial charge in [0.25, 0.3) is 5.91 Å². The van der Waals surface area contributed by atoms with Gasteiger partial charge >= 0.3 is 5.69 Å². The van der Waals surface area contributed by atoms with Crippen LogP contribution in [0, 0.1) is 6.92 Å². The molecule has 0 fully saturated rings. The minimum absolute atomic E-state index is 0.0896. The predicted molar refractivity (Wildman–Crippen MR) is 94.8 cm³/mol. The lowest BCUT2D eigenvalue weighted by Crippen LogP contribution is -2.27. The zero-order valence-corrected chi connectivity index (χ0v) is 14.6. The van der Waals surface area contributed by atoms with Crippen LogP contribution in [0.5, 0.6) is 0 Å². The molecule has 25 heavy (non-hydrogen) atoms. The molecule has 0 saturated carbocycles. The number of carbonyl (C=O) groups is 1. The molecular formula is C18H22N4O3. The third-order valence-corrected chi connectivity index (χ3v) is 4.17. The maximum absolute atomic E-state index is 12.4. The smallest absolute Gasteiger partial charge is 0.326 e. The zero-order valence-electron chi connectivity index (χ0n) is 14.6. The summed E-state index contributed by atoms with van der Waals surface area (Å²) in [6, 6.07) is 7.56. The van der Waals surface area contributed by atoms with Crippen LogP contribution in [0.15, 0.2) is 33.6 Å². The molecule has 1 amide bonds. The topological polar surface area (TPSA) is 92.9 Å². The zero-order chi connectivity index (χ0) is 18.0. The van der Waals surface area contributed by atoms with Crippen molar-refractivity contribution in [3.63, 3.8) is 0 Å². The van der Waals surface area contributed by atoms with E-state index in [-0.39, 0.29) is 17.5 Å². The molecule has 0 atom stereocenters. The van der Waals surface area contributed by atoms with E-state index in [9.17, 15) is 9.59 Å². The van der Waals surface area contributed by atoms with E-state index in [1.165, 1.54) is 0 Å². The fourth-order valence-electron chi connectivity index (χ4n) is 2.91. The van der Waals surface area contributed by atoms with Crippen molar-refractivity contribution >= 4 is 16.9 Å². The molecule has 2 heterocycles. The average Bonchev–Trinajstić information content (AvgIpc) is 3.11. The van der Waals surface area contributed by atoms with E-state index in [1.54, 1.807) is 11.5 Å². The minimum atomic E-state index is -0.186. The van der Waals surface area contributed by atoms with E-state index in [0.717, 1.165) is 11.0 Å². The van der Waals surface area contributed by atoms with Crippen LogP contribution in [-0.2, 0) is 6.54 Å². The van der Waals surface area contributed by atoms with E-state index in [1.807, 2.05) is 38.1 Å². The van der Waals surface area contributed by atoms with Gasteiger partial charge in [-0.3, -0.25) is 9.36 Å². The third kappa shape index (κ3) is 3.35. The number of carbonyl (C=O) groups excluding carboxylic acids is 1. The SMILES string of the molecule is Cc1noc(C(C)C)c1C(=O)NCCCn1c(=O)[nH]c2ccccc21. The number of aromatic amines is 1. The van der Waals surface area contributed by atoms with Gasteiger partial charge in [0, 0.05) is 19.0 Å². The number of nitrogens with one attached hydrogen (secondary N) is 2. The van der Waals surface area contributed by atoms with Crippen molar-refractivity contribution in [1.82, 2.24) is 20.0 Å². The number of fused-ring (bicyclic) bond motifs is 1. The van der Waals surface area contributed by atoms with Gasteiger partial charge < -0.3 is 14.8 Å². The van der Waals surface area contributed by atoms with E-state index in [2.05, 4.69) is 15.5 Å². The second-order valence-electron chi connectivity index (χ2n) is 6.37. The summed E-state index contributed by atoms with van der Waals surface area (Å²) >= 11 is 0. The summed E-state index contributed by atoms with van der Waals surface area (Å²) in [5.41, 5.74) is 2.66. The van der Waals surface area contributed by atoms with Gasteiger partial charge in [0.2, 0.25) is 0 Å². The molecule has 7 nitrogen and oxygen atoms in total. The first-order valence-electron chi connectivity index (χ1n) is 8.41. The Morgan fingerprint density at radius 3 is 2.88 bits per heavy atom. The Balaban J connectivity index is 1.62. The first-order valence-corrected chi connectivity index (χ1v) is 8.41. The van der Waals surface area contributed by atoms with Crippen molar-refractivity contribution in [2.24, 2.45) is 0 Å². The molecule has 3 aromatic rings. The molecular weight excluding hydrogens is 320 g/mol. The summed E-state index contributed by atoms with van der Waals surface area (Å²) in [5.74, 6) is 0.503. The summed E-state index contributed by atoms with van der Waals surface area (Å²) in [6.45, 7) is 6.67. The highest BCUT2D eigenvalue weighted by Gasteiger charge is 2.22. The molecule has 0 aliphatic heterocycles. The fraction of sp³-hybridized carbons (Fsp3) is 0.389. The Morgan fingerprint density at radius 1 is 1.36 bits per heavy atom. The molecule has 0 aliphatic rings. The number of para-hydroxylation sites is 2. The van der Waals surface area contributed by atoms with E-state index in [0.29, 0.717) is 36.5 Å². The summed E-state index contributed by atoms with van der Waals surface area (Å²) in [7, 11) is 0. The number of hydrogen-bond donors (Lipinski definition) is 2. The van der Waals surface area contributed by atoms with Crippen LogP contribution >= 0.6 is 0 Å². The largest absolute Gasteiger partial charge is 0.360 e. The highest BCUT2D eigenvalue weighted by Crippen LogP contribution is 2.22. The van der Waals surface area contributed by atoms with E-state index >= 15 is 0 Å². The Labute approximate surface area is 145 Å². The third-order valence-electron chi connectivity index (χ3n) is 4.17. The van der Waals surface area contributed by atoms with Crippen molar-refractivity contribution in [1.29, 1.82) is 0 Å². The van der Waals surface area contributed by atoms with Gasteiger partial charge in [-0.2, -0.15) is 0 Å². The van der Waals surface area contributed by atoms with Crippen molar-refractivity contribution in [2.45, 2.75) is 39.7 Å². The standard InChI is InChI=1S/C18H22N4O3/c1-11(2)16-15(12(3)21-25-16)17(23)19-9-6-10-22-14-8-5-4-7-13(14)20-18(22)24/h4-5,7-8,11H,6,9-10H2,1-3H3,(H,19,23)(H,20,24). The number of rotatable bonds is 6.